The van der Waals surface area contributed by atoms with Crippen molar-refractivity contribution in [1.29, 1.82) is 0 Å². The summed E-state index contributed by atoms with van der Waals surface area (Å²) in [4.78, 5) is 11.4. The van der Waals surface area contributed by atoms with E-state index in [9.17, 15) is 4.79 Å². The highest BCUT2D eigenvalue weighted by molar-refractivity contribution is 5.95. The van der Waals surface area contributed by atoms with E-state index in [1.165, 1.54) is 24.8 Å². The Hall–Kier alpha value is -1.55. The van der Waals surface area contributed by atoms with Crippen molar-refractivity contribution in [2.75, 3.05) is 18.5 Å². The van der Waals surface area contributed by atoms with Crippen molar-refractivity contribution in [3.8, 4) is 5.75 Å². The molecular formula is C15H20N2O2. The monoisotopic (exact) mass is 260 g/mol. The molecule has 1 saturated carbocycles. The maximum atomic E-state index is 11.4. The van der Waals surface area contributed by atoms with Crippen molar-refractivity contribution in [1.82, 2.24) is 0 Å². The van der Waals surface area contributed by atoms with Crippen LogP contribution in [0.25, 0.3) is 0 Å². The van der Waals surface area contributed by atoms with Crippen molar-refractivity contribution >= 4 is 11.6 Å². The smallest absolute Gasteiger partial charge is 0.262 e. The standard InChI is InChI=1S/C15H20N2O2/c16-10-15(7-2-1-3-8-15)11-5-4-6-12-14(11)19-9-13(18)17-12/h4-6H,1-3,7-10,16H2,(H,17,18). The number of hydrogen-bond donors (Lipinski definition) is 2. The van der Waals surface area contributed by atoms with E-state index in [0.29, 0.717) is 6.54 Å². The summed E-state index contributed by atoms with van der Waals surface area (Å²) < 4.78 is 5.68. The molecule has 2 aliphatic rings. The van der Waals surface area contributed by atoms with E-state index >= 15 is 0 Å². The molecule has 1 aromatic carbocycles. The van der Waals surface area contributed by atoms with Gasteiger partial charge < -0.3 is 15.8 Å². The zero-order valence-corrected chi connectivity index (χ0v) is 11.1. The topological polar surface area (TPSA) is 64.3 Å². The number of amides is 1. The highest BCUT2D eigenvalue weighted by Gasteiger charge is 2.36. The fourth-order valence-corrected chi connectivity index (χ4v) is 3.34. The van der Waals surface area contributed by atoms with Crippen LogP contribution in [0.15, 0.2) is 18.2 Å². The van der Waals surface area contributed by atoms with Gasteiger partial charge in [0.1, 0.15) is 5.75 Å². The molecule has 4 heteroatoms. The van der Waals surface area contributed by atoms with Gasteiger partial charge in [0.2, 0.25) is 0 Å². The van der Waals surface area contributed by atoms with Crippen LogP contribution in [0.1, 0.15) is 37.7 Å². The Morgan fingerprint density at radius 2 is 2.05 bits per heavy atom. The number of fused-ring (bicyclic) bond motifs is 1. The Bertz CT molecular complexity index is 493. The molecule has 1 fully saturated rings. The molecule has 4 nitrogen and oxygen atoms in total. The van der Waals surface area contributed by atoms with E-state index in [1.807, 2.05) is 12.1 Å². The lowest BCUT2D eigenvalue weighted by Crippen LogP contribution is -2.38. The highest BCUT2D eigenvalue weighted by Crippen LogP contribution is 2.45. The van der Waals surface area contributed by atoms with Gasteiger partial charge in [-0.1, -0.05) is 31.4 Å². The first kappa shape index (κ1) is 12.5. The molecular weight excluding hydrogens is 240 g/mol. The Morgan fingerprint density at radius 1 is 1.26 bits per heavy atom. The first-order chi connectivity index (χ1) is 9.25. The Balaban J connectivity index is 2.04. The minimum Gasteiger partial charge on any atom is -0.481 e. The van der Waals surface area contributed by atoms with Crippen LogP contribution >= 0.6 is 0 Å². The lowest BCUT2D eigenvalue weighted by atomic mass is 9.69. The number of anilines is 1. The van der Waals surface area contributed by atoms with Gasteiger partial charge in [-0.25, -0.2) is 0 Å². The molecule has 1 aromatic rings. The molecule has 3 N–H and O–H groups in total. The third-order valence-corrected chi connectivity index (χ3v) is 4.41. The summed E-state index contributed by atoms with van der Waals surface area (Å²) in [5.41, 5.74) is 8.07. The number of ether oxygens (including phenoxy) is 1. The maximum Gasteiger partial charge on any atom is 0.262 e. The van der Waals surface area contributed by atoms with E-state index < -0.39 is 0 Å². The van der Waals surface area contributed by atoms with E-state index in [4.69, 9.17) is 10.5 Å². The van der Waals surface area contributed by atoms with Crippen LogP contribution in [0, 0.1) is 0 Å². The number of hydrogen-bond acceptors (Lipinski definition) is 3. The average molecular weight is 260 g/mol. The van der Waals surface area contributed by atoms with Crippen LogP contribution in [0.3, 0.4) is 0 Å². The van der Waals surface area contributed by atoms with E-state index in [-0.39, 0.29) is 17.9 Å². The number of carbonyl (C=O) groups is 1. The molecule has 0 bridgehead atoms. The number of benzene rings is 1. The normalized spacial score (nSPS) is 21.2. The molecule has 0 spiro atoms. The van der Waals surface area contributed by atoms with Crippen molar-refractivity contribution in [2.45, 2.75) is 37.5 Å². The van der Waals surface area contributed by atoms with Gasteiger partial charge in [-0.15, -0.1) is 0 Å². The minimum atomic E-state index is -0.0879. The largest absolute Gasteiger partial charge is 0.481 e. The Labute approximate surface area is 113 Å². The third kappa shape index (κ3) is 2.10. The third-order valence-electron chi connectivity index (χ3n) is 4.41. The second kappa shape index (κ2) is 4.85. The fraction of sp³-hybridized carbons (Fsp3) is 0.533. The van der Waals surface area contributed by atoms with Gasteiger partial charge in [0.05, 0.1) is 5.69 Å². The second-order valence-corrected chi connectivity index (χ2v) is 5.56. The van der Waals surface area contributed by atoms with Crippen LogP contribution in [-0.4, -0.2) is 19.1 Å². The van der Waals surface area contributed by atoms with Crippen LogP contribution < -0.4 is 15.8 Å². The number of rotatable bonds is 2. The van der Waals surface area contributed by atoms with Gasteiger partial charge >= 0.3 is 0 Å². The van der Waals surface area contributed by atoms with Crippen LogP contribution in [0.5, 0.6) is 5.75 Å². The van der Waals surface area contributed by atoms with E-state index in [2.05, 4.69) is 11.4 Å². The van der Waals surface area contributed by atoms with Gasteiger partial charge in [-0.2, -0.15) is 0 Å². The highest BCUT2D eigenvalue weighted by atomic mass is 16.5. The summed E-state index contributed by atoms with van der Waals surface area (Å²) >= 11 is 0. The zero-order chi connectivity index (χ0) is 13.3. The summed E-state index contributed by atoms with van der Waals surface area (Å²) in [6.07, 6.45) is 5.93. The maximum absolute atomic E-state index is 11.4. The minimum absolute atomic E-state index is 0.0195. The van der Waals surface area contributed by atoms with Gasteiger partial charge in [0.25, 0.3) is 5.91 Å². The lowest BCUT2D eigenvalue weighted by molar-refractivity contribution is -0.118. The molecule has 1 aliphatic heterocycles. The number of para-hydroxylation sites is 1. The molecule has 0 aromatic heterocycles. The first-order valence-electron chi connectivity index (χ1n) is 7.01. The number of nitrogens with one attached hydrogen (secondary N) is 1. The van der Waals surface area contributed by atoms with Gasteiger partial charge in [-0.3, -0.25) is 4.79 Å². The lowest BCUT2D eigenvalue weighted by Gasteiger charge is -2.38. The molecule has 1 heterocycles. The van der Waals surface area contributed by atoms with Crippen LogP contribution in [0.4, 0.5) is 5.69 Å². The zero-order valence-electron chi connectivity index (χ0n) is 11.1. The summed E-state index contributed by atoms with van der Waals surface area (Å²) in [7, 11) is 0. The first-order valence-corrected chi connectivity index (χ1v) is 7.01. The quantitative estimate of drug-likeness (QED) is 0.856. The Kier molecular flexibility index (Phi) is 3.19. The molecule has 1 aliphatic carbocycles. The molecule has 1 amide bonds. The van der Waals surface area contributed by atoms with E-state index in [1.54, 1.807) is 0 Å². The molecule has 102 valence electrons. The SMILES string of the molecule is NCC1(c2cccc3c2OCC(=O)N3)CCCCC1. The summed E-state index contributed by atoms with van der Waals surface area (Å²) in [5.74, 6) is 0.740. The average Bonchev–Trinajstić information content (AvgIpc) is 2.47. The van der Waals surface area contributed by atoms with Crippen molar-refractivity contribution < 1.29 is 9.53 Å². The molecule has 0 atom stereocenters. The number of carbonyl (C=O) groups excluding carboxylic acids is 1. The summed E-state index contributed by atoms with van der Waals surface area (Å²) in [6.45, 7) is 0.741. The predicted octanol–water partition coefficient (Wildman–Crippen LogP) is 2.18. The fourth-order valence-electron chi connectivity index (χ4n) is 3.34. The van der Waals surface area contributed by atoms with Crippen molar-refractivity contribution in [2.24, 2.45) is 5.73 Å². The molecule has 19 heavy (non-hydrogen) atoms. The van der Waals surface area contributed by atoms with Gasteiger partial charge in [0, 0.05) is 17.5 Å². The van der Waals surface area contributed by atoms with Gasteiger partial charge in [-0.05, 0) is 18.9 Å². The summed E-state index contributed by atoms with van der Waals surface area (Å²) in [5, 5.41) is 2.88. The van der Waals surface area contributed by atoms with Gasteiger partial charge in [0.15, 0.2) is 6.61 Å². The molecule has 0 unspecified atom stereocenters. The van der Waals surface area contributed by atoms with Crippen molar-refractivity contribution in [3.05, 3.63) is 23.8 Å². The van der Waals surface area contributed by atoms with E-state index in [0.717, 1.165) is 24.3 Å². The van der Waals surface area contributed by atoms with Crippen molar-refractivity contribution in [3.63, 3.8) is 0 Å². The molecule has 0 radical (unpaired) electrons. The van der Waals surface area contributed by atoms with Crippen LogP contribution in [-0.2, 0) is 10.2 Å². The predicted molar refractivity (Wildman–Crippen MR) is 74.4 cm³/mol. The number of nitrogens with two attached hydrogens (primary N) is 1. The second-order valence-electron chi connectivity index (χ2n) is 5.56. The summed E-state index contributed by atoms with van der Waals surface area (Å²) in [6, 6.07) is 5.98. The Morgan fingerprint density at radius 3 is 2.79 bits per heavy atom. The molecule has 3 rings (SSSR count). The molecule has 0 saturated heterocycles. The van der Waals surface area contributed by atoms with Crippen LogP contribution in [0.2, 0.25) is 0 Å².